The van der Waals surface area contributed by atoms with Crippen molar-refractivity contribution >= 4 is 0 Å². The minimum atomic E-state index is 0.549. The summed E-state index contributed by atoms with van der Waals surface area (Å²) in [6.45, 7) is 6.99. The molecule has 3 fully saturated rings. The van der Waals surface area contributed by atoms with Gasteiger partial charge in [0.1, 0.15) is 0 Å². The monoisotopic (exact) mass is 267 g/mol. The highest BCUT2D eigenvalue weighted by Crippen LogP contribution is 2.41. The second kappa shape index (κ2) is 5.68. The standard InChI is InChI=1S/C15H29N3O/c1-16-13-9-14(11-19-10-13)18-8-5-15(12-18)3-6-17(2)7-4-15/h13-14,16H,3-12H2,1-2H3. The summed E-state index contributed by atoms with van der Waals surface area (Å²) in [7, 11) is 4.31. The van der Waals surface area contributed by atoms with Crippen LogP contribution in [0.5, 0.6) is 0 Å². The Morgan fingerprint density at radius 3 is 2.58 bits per heavy atom. The van der Waals surface area contributed by atoms with Crippen LogP contribution in [0.3, 0.4) is 0 Å². The predicted molar refractivity (Wildman–Crippen MR) is 77.4 cm³/mol. The number of hydrogen-bond donors (Lipinski definition) is 1. The van der Waals surface area contributed by atoms with Crippen LogP contribution in [-0.4, -0.2) is 75.4 Å². The van der Waals surface area contributed by atoms with Crippen LogP contribution in [-0.2, 0) is 4.74 Å². The van der Waals surface area contributed by atoms with Crippen molar-refractivity contribution in [3.63, 3.8) is 0 Å². The topological polar surface area (TPSA) is 27.7 Å². The van der Waals surface area contributed by atoms with Gasteiger partial charge in [0.2, 0.25) is 0 Å². The molecule has 0 amide bonds. The molecule has 2 unspecified atom stereocenters. The fourth-order valence-corrected chi connectivity index (χ4v) is 4.05. The molecule has 4 heteroatoms. The van der Waals surface area contributed by atoms with Crippen LogP contribution in [0.15, 0.2) is 0 Å². The van der Waals surface area contributed by atoms with Gasteiger partial charge in [0.25, 0.3) is 0 Å². The Morgan fingerprint density at radius 1 is 1.11 bits per heavy atom. The van der Waals surface area contributed by atoms with Crippen LogP contribution >= 0.6 is 0 Å². The minimum Gasteiger partial charge on any atom is -0.378 e. The molecule has 0 bridgehead atoms. The number of piperidine rings is 1. The Balaban J connectivity index is 1.56. The van der Waals surface area contributed by atoms with E-state index in [0.29, 0.717) is 17.5 Å². The van der Waals surface area contributed by atoms with Crippen molar-refractivity contribution in [1.82, 2.24) is 15.1 Å². The highest BCUT2D eigenvalue weighted by atomic mass is 16.5. The molecule has 3 heterocycles. The van der Waals surface area contributed by atoms with Crippen LogP contribution in [0.1, 0.15) is 25.7 Å². The van der Waals surface area contributed by atoms with E-state index in [-0.39, 0.29) is 0 Å². The number of nitrogens with one attached hydrogen (secondary N) is 1. The van der Waals surface area contributed by atoms with Gasteiger partial charge >= 0.3 is 0 Å². The zero-order valence-corrected chi connectivity index (χ0v) is 12.5. The van der Waals surface area contributed by atoms with Crippen molar-refractivity contribution in [3.05, 3.63) is 0 Å². The number of likely N-dealkylation sites (tertiary alicyclic amines) is 2. The van der Waals surface area contributed by atoms with Crippen LogP contribution in [0.4, 0.5) is 0 Å². The molecule has 3 rings (SSSR count). The van der Waals surface area contributed by atoms with Gasteiger partial charge in [-0.3, -0.25) is 4.90 Å². The van der Waals surface area contributed by atoms with E-state index in [0.717, 1.165) is 13.2 Å². The lowest BCUT2D eigenvalue weighted by atomic mass is 9.78. The summed E-state index contributed by atoms with van der Waals surface area (Å²) in [5.41, 5.74) is 0.624. The van der Waals surface area contributed by atoms with Gasteiger partial charge in [-0.25, -0.2) is 0 Å². The Hall–Kier alpha value is -0.160. The van der Waals surface area contributed by atoms with E-state index in [4.69, 9.17) is 4.74 Å². The van der Waals surface area contributed by atoms with E-state index in [2.05, 4.69) is 29.2 Å². The average molecular weight is 267 g/mol. The molecule has 0 aliphatic carbocycles. The third kappa shape index (κ3) is 2.97. The summed E-state index contributed by atoms with van der Waals surface area (Å²) in [6.07, 6.45) is 5.44. The maximum atomic E-state index is 5.78. The van der Waals surface area contributed by atoms with Crippen LogP contribution in [0, 0.1) is 5.41 Å². The van der Waals surface area contributed by atoms with Crippen molar-refractivity contribution in [3.8, 4) is 0 Å². The van der Waals surface area contributed by atoms with Gasteiger partial charge in [0, 0.05) is 18.6 Å². The maximum Gasteiger partial charge on any atom is 0.0623 e. The third-order valence-electron chi connectivity index (χ3n) is 5.63. The molecule has 0 radical (unpaired) electrons. The summed E-state index contributed by atoms with van der Waals surface area (Å²) >= 11 is 0. The summed E-state index contributed by atoms with van der Waals surface area (Å²) in [5.74, 6) is 0. The van der Waals surface area contributed by atoms with E-state index in [1.54, 1.807) is 0 Å². The molecule has 0 saturated carbocycles. The second-order valence-electron chi connectivity index (χ2n) is 6.94. The number of hydrogen-bond acceptors (Lipinski definition) is 4. The molecule has 2 atom stereocenters. The second-order valence-corrected chi connectivity index (χ2v) is 6.94. The van der Waals surface area contributed by atoms with Gasteiger partial charge in [0.15, 0.2) is 0 Å². The summed E-state index contributed by atoms with van der Waals surface area (Å²) in [4.78, 5) is 5.20. The SMILES string of the molecule is CNC1COCC(N2CCC3(CCN(C)CC3)C2)C1. The van der Waals surface area contributed by atoms with Crippen LogP contribution in [0.2, 0.25) is 0 Å². The maximum absolute atomic E-state index is 5.78. The smallest absolute Gasteiger partial charge is 0.0623 e. The zero-order chi connectivity index (χ0) is 13.3. The first-order valence-electron chi connectivity index (χ1n) is 7.88. The minimum absolute atomic E-state index is 0.549. The van der Waals surface area contributed by atoms with E-state index in [1.165, 1.54) is 51.9 Å². The first kappa shape index (κ1) is 13.8. The molecule has 110 valence electrons. The Morgan fingerprint density at radius 2 is 1.84 bits per heavy atom. The van der Waals surface area contributed by atoms with Crippen molar-refractivity contribution in [2.75, 3.05) is 53.5 Å². The lowest BCUT2D eigenvalue weighted by Crippen LogP contribution is -2.49. The molecular weight excluding hydrogens is 238 g/mol. The third-order valence-corrected chi connectivity index (χ3v) is 5.63. The van der Waals surface area contributed by atoms with Crippen molar-refractivity contribution < 1.29 is 4.74 Å². The molecule has 0 aromatic carbocycles. The van der Waals surface area contributed by atoms with Gasteiger partial charge in [-0.2, -0.15) is 0 Å². The molecule has 3 aliphatic rings. The summed E-state index contributed by atoms with van der Waals surface area (Å²) in [6, 6.07) is 1.19. The average Bonchev–Trinajstić information content (AvgIpc) is 2.87. The Labute approximate surface area is 117 Å². The van der Waals surface area contributed by atoms with Crippen molar-refractivity contribution in [1.29, 1.82) is 0 Å². The lowest BCUT2D eigenvalue weighted by Gasteiger charge is -2.40. The normalized spacial score (nSPS) is 36.9. The molecule has 1 spiro atoms. The first-order valence-corrected chi connectivity index (χ1v) is 7.88. The van der Waals surface area contributed by atoms with Crippen LogP contribution in [0.25, 0.3) is 0 Å². The van der Waals surface area contributed by atoms with Gasteiger partial charge in [-0.15, -0.1) is 0 Å². The fourth-order valence-electron chi connectivity index (χ4n) is 4.05. The molecule has 3 saturated heterocycles. The highest BCUT2D eigenvalue weighted by molar-refractivity contribution is 4.96. The van der Waals surface area contributed by atoms with Crippen molar-refractivity contribution in [2.45, 2.75) is 37.8 Å². The van der Waals surface area contributed by atoms with Crippen molar-refractivity contribution in [2.24, 2.45) is 5.41 Å². The number of rotatable bonds is 2. The first-order chi connectivity index (χ1) is 9.21. The van der Waals surface area contributed by atoms with E-state index in [1.807, 2.05) is 0 Å². The Bertz CT molecular complexity index is 302. The van der Waals surface area contributed by atoms with Crippen LogP contribution < -0.4 is 5.32 Å². The largest absolute Gasteiger partial charge is 0.378 e. The molecular formula is C15H29N3O. The zero-order valence-electron chi connectivity index (χ0n) is 12.5. The van der Waals surface area contributed by atoms with E-state index < -0.39 is 0 Å². The molecule has 19 heavy (non-hydrogen) atoms. The quantitative estimate of drug-likeness (QED) is 0.800. The predicted octanol–water partition coefficient (Wildman–Crippen LogP) is 0.781. The number of likely N-dealkylation sites (N-methyl/N-ethyl adjacent to an activating group) is 1. The fraction of sp³-hybridized carbons (Fsp3) is 1.00. The van der Waals surface area contributed by atoms with Gasteiger partial charge < -0.3 is 15.0 Å². The van der Waals surface area contributed by atoms with E-state index in [9.17, 15) is 0 Å². The molecule has 0 aromatic rings. The molecule has 3 aliphatic heterocycles. The Kier molecular flexibility index (Phi) is 4.13. The molecule has 1 N–H and O–H groups in total. The highest BCUT2D eigenvalue weighted by Gasteiger charge is 2.42. The molecule has 4 nitrogen and oxygen atoms in total. The van der Waals surface area contributed by atoms with Gasteiger partial charge in [0.05, 0.1) is 13.2 Å². The van der Waals surface area contributed by atoms with Gasteiger partial charge in [-0.05, 0) is 64.8 Å². The molecule has 0 aromatic heterocycles. The summed E-state index contributed by atoms with van der Waals surface area (Å²) in [5, 5.41) is 3.38. The lowest BCUT2D eigenvalue weighted by molar-refractivity contribution is 0.00222. The van der Waals surface area contributed by atoms with E-state index >= 15 is 0 Å². The van der Waals surface area contributed by atoms with Gasteiger partial charge in [-0.1, -0.05) is 0 Å². The number of nitrogens with zero attached hydrogens (tertiary/aromatic N) is 2. The number of ether oxygens (including phenoxy) is 1. The summed E-state index contributed by atoms with van der Waals surface area (Å²) < 4.78 is 5.78.